The summed E-state index contributed by atoms with van der Waals surface area (Å²) >= 11 is 0. The molecule has 6 nitrogen and oxygen atoms in total. The van der Waals surface area contributed by atoms with Crippen molar-refractivity contribution in [2.24, 2.45) is 11.7 Å². The number of nitrogens with zero attached hydrogens (tertiary/aromatic N) is 1. The van der Waals surface area contributed by atoms with E-state index in [2.05, 4.69) is 5.32 Å². The molecule has 1 heterocycles. The topological polar surface area (TPSA) is 95.7 Å². The molecule has 2 aliphatic rings. The molecule has 1 unspecified atom stereocenters. The minimum absolute atomic E-state index is 0.00411. The second-order valence-electron chi connectivity index (χ2n) is 9.55. The Kier molecular flexibility index (Phi) is 7.65. The number of nitrogens with two attached hydrogens (primary N) is 1. The summed E-state index contributed by atoms with van der Waals surface area (Å²) in [5.41, 5.74) is 7.92. The van der Waals surface area contributed by atoms with Gasteiger partial charge in [-0.2, -0.15) is 0 Å². The zero-order valence-corrected chi connectivity index (χ0v) is 19.2. The number of hydrogen-bond donors (Lipinski definition) is 3. The van der Waals surface area contributed by atoms with Gasteiger partial charge < -0.3 is 21.1 Å². The summed E-state index contributed by atoms with van der Waals surface area (Å²) in [5.74, 6) is 0.273. The number of phenolic OH excluding ortho intramolecular Hbond substituents is 1. The Hall–Kier alpha value is -2.86. The molecule has 1 saturated carbocycles. The lowest BCUT2D eigenvalue weighted by atomic mass is 9.86. The number of nitrogens with one attached hydrogen (secondary N) is 1. The SMILES string of the molecule is NC1CCC(CNC(=O)[C@@H]2CCCN2C(=O)C(Cc2ccc(O)cc2)c2ccccc2)CC1. The first kappa shape index (κ1) is 23.3. The van der Waals surface area contributed by atoms with Gasteiger partial charge in [-0.3, -0.25) is 9.59 Å². The lowest BCUT2D eigenvalue weighted by Gasteiger charge is -2.30. The Morgan fingerprint density at radius 2 is 1.70 bits per heavy atom. The third kappa shape index (κ3) is 5.93. The maximum absolute atomic E-state index is 13.8. The first-order valence-electron chi connectivity index (χ1n) is 12.2. The molecule has 4 N–H and O–H groups in total. The summed E-state index contributed by atoms with van der Waals surface area (Å²) in [6.07, 6.45) is 6.21. The zero-order valence-electron chi connectivity index (χ0n) is 19.2. The van der Waals surface area contributed by atoms with Gasteiger partial charge in [-0.05, 0) is 74.1 Å². The summed E-state index contributed by atoms with van der Waals surface area (Å²) in [5, 5.41) is 12.7. The van der Waals surface area contributed by atoms with Crippen molar-refractivity contribution in [1.82, 2.24) is 10.2 Å². The summed E-state index contributed by atoms with van der Waals surface area (Å²) in [7, 11) is 0. The molecular formula is C27H35N3O3. The Labute approximate surface area is 196 Å². The van der Waals surface area contributed by atoms with Gasteiger partial charge in [0.15, 0.2) is 0 Å². The molecule has 2 aromatic carbocycles. The van der Waals surface area contributed by atoms with Gasteiger partial charge in [-0.15, -0.1) is 0 Å². The van der Waals surface area contributed by atoms with E-state index in [0.717, 1.165) is 43.2 Å². The predicted molar refractivity (Wildman–Crippen MR) is 129 cm³/mol. The van der Waals surface area contributed by atoms with Gasteiger partial charge in [-0.1, -0.05) is 42.5 Å². The molecule has 0 aromatic heterocycles. The van der Waals surface area contributed by atoms with Crippen molar-refractivity contribution in [3.05, 3.63) is 65.7 Å². The largest absolute Gasteiger partial charge is 0.508 e. The van der Waals surface area contributed by atoms with Crippen molar-refractivity contribution in [3.8, 4) is 5.75 Å². The van der Waals surface area contributed by atoms with E-state index in [1.54, 1.807) is 17.0 Å². The van der Waals surface area contributed by atoms with Crippen molar-refractivity contribution in [3.63, 3.8) is 0 Å². The smallest absolute Gasteiger partial charge is 0.242 e. The van der Waals surface area contributed by atoms with Gasteiger partial charge in [0, 0.05) is 19.1 Å². The number of aromatic hydroxyl groups is 1. The van der Waals surface area contributed by atoms with Crippen LogP contribution in [0.25, 0.3) is 0 Å². The molecule has 6 heteroatoms. The number of phenols is 1. The molecule has 4 rings (SSSR count). The Bertz CT molecular complexity index is 923. The molecule has 2 fully saturated rings. The van der Waals surface area contributed by atoms with Gasteiger partial charge in [0.2, 0.25) is 11.8 Å². The van der Waals surface area contributed by atoms with E-state index in [1.165, 1.54) is 0 Å². The van der Waals surface area contributed by atoms with Crippen LogP contribution in [0.2, 0.25) is 0 Å². The third-order valence-corrected chi connectivity index (χ3v) is 7.17. The van der Waals surface area contributed by atoms with E-state index in [0.29, 0.717) is 37.9 Å². The lowest BCUT2D eigenvalue weighted by Crippen LogP contribution is -2.48. The first-order chi connectivity index (χ1) is 16.0. The van der Waals surface area contributed by atoms with Crippen LogP contribution in [0.5, 0.6) is 5.75 Å². The highest BCUT2D eigenvalue weighted by atomic mass is 16.3. The number of hydrogen-bond acceptors (Lipinski definition) is 4. The molecule has 1 saturated heterocycles. The third-order valence-electron chi connectivity index (χ3n) is 7.17. The molecule has 2 aromatic rings. The Morgan fingerprint density at radius 3 is 2.39 bits per heavy atom. The highest BCUT2D eigenvalue weighted by Gasteiger charge is 2.37. The van der Waals surface area contributed by atoms with Crippen molar-refractivity contribution < 1.29 is 14.7 Å². The van der Waals surface area contributed by atoms with Crippen LogP contribution in [0.15, 0.2) is 54.6 Å². The van der Waals surface area contributed by atoms with Gasteiger partial charge in [0.05, 0.1) is 5.92 Å². The minimum Gasteiger partial charge on any atom is -0.508 e. The highest BCUT2D eigenvalue weighted by Crippen LogP contribution is 2.29. The average Bonchev–Trinajstić information content (AvgIpc) is 3.33. The number of rotatable bonds is 7. The van der Waals surface area contributed by atoms with Crippen LogP contribution < -0.4 is 11.1 Å². The normalized spacial score (nSPS) is 23.8. The molecule has 0 bridgehead atoms. The Balaban J connectivity index is 1.45. The van der Waals surface area contributed by atoms with E-state index < -0.39 is 6.04 Å². The highest BCUT2D eigenvalue weighted by molar-refractivity contribution is 5.91. The summed E-state index contributed by atoms with van der Waals surface area (Å²) in [6, 6.07) is 16.6. The molecule has 2 atom stereocenters. The summed E-state index contributed by atoms with van der Waals surface area (Å²) in [4.78, 5) is 28.6. The van der Waals surface area contributed by atoms with E-state index in [9.17, 15) is 14.7 Å². The number of likely N-dealkylation sites (tertiary alicyclic amines) is 1. The van der Waals surface area contributed by atoms with Crippen molar-refractivity contribution in [2.75, 3.05) is 13.1 Å². The van der Waals surface area contributed by atoms with Gasteiger partial charge in [0.1, 0.15) is 11.8 Å². The molecule has 176 valence electrons. The van der Waals surface area contributed by atoms with Crippen molar-refractivity contribution in [1.29, 1.82) is 0 Å². The molecule has 1 aliphatic heterocycles. The molecule has 33 heavy (non-hydrogen) atoms. The number of carbonyl (C=O) groups excluding carboxylic acids is 2. The van der Waals surface area contributed by atoms with Crippen molar-refractivity contribution in [2.45, 2.75) is 62.9 Å². The molecule has 0 radical (unpaired) electrons. The fourth-order valence-electron chi connectivity index (χ4n) is 5.16. The van der Waals surface area contributed by atoms with Crippen LogP contribution in [0.3, 0.4) is 0 Å². The van der Waals surface area contributed by atoms with Gasteiger partial charge >= 0.3 is 0 Å². The maximum Gasteiger partial charge on any atom is 0.242 e. The lowest BCUT2D eigenvalue weighted by molar-refractivity contribution is -0.139. The molecule has 1 aliphatic carbocycles. The minimum atomic E-state index is -0.408. The van der Waals surface area contributed by atoms with Crippen LogP contribution in [-0.4, -0.2) is 47.0 Å². The van der Waals surface area contributed by atoms with Crippen LogP contribution >= 0.6 is 0 Å². The number of carbonyl (C=O) groups is 2. The number of amides is 2. The molecule has 2 amide bonds. The second kappa shape index (κ2) is 10.8. The monoisotopic (exact) mass is 449 g/mol. The summed E-state index contributed by atoms with van der Waals surface area (Å²) < 4.78 is 0. The molecule has 0 spiro atoms. The number of benzene rings is 2. The maximum atomic E-state index is 13.8. The van der Waals surface area contributed by atoms with E-state index in [4.69, 9.17) is 5.73 Å². The Morgan fingerprint density at radius 1 is 1.00 bits per heavy atom. The molecular weight excluding hydrogens is 414 g/mol. The zero-order chi connectivity index (χ0) is 23.2. The quantitative estimate of drug-likeness (QED) is 0.604. The summed E-state index contributed by atoms with van der Waals surface area (Å²) in [6.45, 7) is 1.27. The second-order valence-corrected chi connectivity index (χ2v) is 9.55. The van der Waals surface area contributed by atoms with Crippen LogP contribution in [0.4, 0.5) is 0 Å². The fourth-order valence-corrected chi connectivity index (χ4v) is 5.16. The van der Waals surface area contributed by atoms with Crippen LogP contribution in [-0.2, 0) is 16.0 Å². The van der Waals surface area contributed by atoms with Crippen LogP contribution in [0.1, 0.15) is 55.6 Å². The van der Waals surface area contributed by atoms with Gasteiger partial charge in [0.25, 0.3) is 0 Å². The average molecular weight is 450 g/mol. The fraction of sp³-hybridized carbons (Fsp3) is 0.481. The van der Waals surface area contributed by atoms with Gasteiger partial charge in [-0.25, -0.2) is 0 Å². The standard InChI is InChI=1S/C27H35N3O3/c28-22-12-8-20(9-13-22)18-29-26(32)25-7-4-16-30(25)27(33)24(21-5-2-1-3-6-21)17-19-10-14-23(31)15-11-19/h1-3,5-6,10-11,14-15,20,22,24-25,31H,4,7-9,12-13,16-18,28H2,(H,29,32)/t20?,22?,24?,25-/m0/s1. The van der Waals surface area contributed by atoms with E-state index >= 15 is 0 Å². The van der Waals surface area contributed by atoms with E-state index in [-0.39, 0.29) is 23.5 Å². The van der Waals surface area contributed by atoms with E-state index in [1.807, 2.05) is 42.5 Å². The first-order valence-corrected chi connectivity index (χ1v) is 12.2. The van der Waals surface area contributed by atoms with Crippen LogP contribution in [0, 0.1) is 5.92 Å². The van der Waals surface area contributed by atoms with Crippen molar-refractivity contribution >= 4 is 11.8 Å². The predicted octanol–water partition coefficient (Wildman–Crippen LogP) is 3.34.